The molecule has 4 heteroatoms. The summed E-state index contributed by atoms with van der Waals surface area (Å²) in [6.07, 6.45) is 3.73. The Kier molecular flexibility index (Phi) is 5.94. The molecular weight excluding hydrogens is 216 g/mol. The van der Waals surface area contributed by atoms with Gasteiger partial charge in [-0.2, -0.15) is 0 Å². The molecule has 0 radical (unpaired) electrons. The van der Waals surface area contributed by atoms with Crippen LogP contribution in [0.15, 0.2) is 18.5 Å². The quantitative estimate of drug-likeness (QED) is 0.790. The number of nitrogens with one attached hydrogen (secondary N) is 1. The summed E-state index contributed by atoms with van der Waals surface area (Å²) in [7, 11) is 1.66. The summed E-state index contributed by atoms with van der Waals surface area (Å²) >= 11 is 0. The Morgan fingerprint density at radius 2 is 2.18 bits per heavy atom. The minimum atomic E-state index is 0.139. The van der Waals surface area contributed by atoms with Crippen molar-refractivity contribution in [1.82, 2.24) is 10.3 Å². The lowest BCUT2D eigenvalue weighted by molar-refractivity contribution is 0.0609. The maximum atomic E-state index is 5.67. The van der Waals surface area contributed by atoms with Crippen molar-refractivity contribution in [3.63, 3.8) is 0 Å². The summed E-state index contributed by atoms with van der Waals surface area (Å²) < 4.78 is 11.0. The second-order valence-corrected chi connectivity index (χ2v) is 4.11. The molecule has 4 nitrogen and oxygen atoms in total. The summed E-state index contributed by atoms with van der Waals surface area (Å²) in [5.41, 5.74) is 1.09. The fraction of sp³-hybridized carbons (Fsp3) is 0.615. The lowest BCUT2D eigenvalue weighted by atomic mass is 10.1. The molecule has 96 valence electrons. The van der Waals surface area contributed by atoms with Gasteiger partial charge < -0.3 is 14.8 Å². The Bertz CT molecular complexity index is 329. The molecule has 0 saturated heterocycles. The van der Waals surface area contributed by atoms with Gasteiger partial charge in [0.1, 0.15) is 5.75 Å². The standard InChI is InChI=1S/C13H22N2O2/c1-5-15-12(9-17-10(2)3)11-6-7-14-8-13(11)16-4/h6-8,10,12,15H,5,9H2,1-4H3. The molecule has 0 amide bonds. The molecule has 0 fully saturated rings. The van der Waals surface area contributed by atoms with Crippen molar-refractivity contribution in [3.8, 4) is 5.75 Å². The molecule has 0 aliphatic heterocycles. The van der Waals surface area contributed by atoms with Crippen molar-refractivity contribution in [1.29, 1.82) is 0 Å². The van der Waals surface area contributed by atoms with Crippen LogP contribution in [0, 0.1) is 0 Å². The third-order valence-electron chi connectivity index (χ3n) is 2.46. The molecule has 1 atom stereocenters. The van der Waals surface area contributed by atoms with E-state index >= 15 is 0 Å². The van der Waals surface area contributed by atoms with Crippen molar-refractivity contribution in [3.05, 3.63) is 24.0 Å². The highest BCUT2D eigenvalue weighted by atomic mass is 16.5. The van der Waals surface area contributed by atoms with E-state index in [1.807, 2.05) is 19.9 Å². The highest BCUT2D eigenvalue weighted by Crippen LogP contribution is 2.24. The first-order valence-electron chi connectivity index (χ1n) is 6.01. The number of aromatic nitrogens is 1. The van der Waals surface area contributed by atoms with E-state index in [0.29, 0.717) is 6.61 Å². The predicted octanol–water partition coefficient (Wildman–Crippen LogP) is 2.17. The van der Waals surface area contributed by atoms with Crippen LogP contribution in [0.2, 0.25) is 0 Å². The van der Waals surface area contributed by atoms with E-state index in [1.54, 1.807) is 19.5 Å². The van der Waals surface area contributed by atoms with Crippen LogP contribution in [0.25, 0.3) is 0 Å². The van der Waals surface area contributed by atoms with Gasteiger partial charge in [-0.05, 0) is 26.5 Å². The fourth-order valence-corrected chi connectivity index (χ4v) is 1.64. The van der Waals surface area contributed by atoms with E-state index in [9.17, 15) is 0 Å². The first-order valence-corrected chi connectivity index (χ1v) is 6.01. The minimum absolute atomic E-state index is 0.139. The Hall–Kier alpha value is -1.13. The monoisotopic (exact) mass is 238 g/mol. The number of pyridine rings is 1. The number of methoxy groups -OCH3 is 1. The lowest BCUT2D eigenvalue weighted by Gasteiger charge is -2.21. The number of hydrogen-bond acceptors (Lipinski definition) is 4. The average Bonchev–Trinajstić information content (AvgIpc) is 2.34. The molecule has 0 aliphatic rings. The van der Waals surface area contributed by atoms with E-state index < -0.39 is 0 Å². The number of nitrogens with zero attached hydrogens (tertiary/aromatic N) is 1. The van der Waals surface area contributed by atoms with Crippen LogP contribution in [-0.2, 0) is 4.74 Å². The Labute approximate surface area is 103 Å². The molecule has 17 heavy (non-hydrogen) atoms. The smallest absolute Gasteiger partial charge is 0.142 e. The highest BCUT2D eigenvalue weighted by molar-refractivity contribution is 5.32. The summed E-state index contributed by atoms with van der Waals surface area (Å²) in [5.74, 6) is 0.797. The highest BCUT2D eigenvalue weighted by Gasteiger charge is 2.15. The van der Waals surface area contributed by atoms with Crippen LogP contribution in [-0.4, -0.2) is 31.3 Å². The number of likely N-dealkylation sites (N-methyl/N-ethyl adjacent to an activating group) is 1. The van der Waals surface area contributed by atoms with Gasteiger partial charge in [0.05, 0.1) is 32.1 Å². The SMILES string of the molecule is CCNC(COC(C)C)c1ccncc1OC. The topological polar surface area (TPSA) is 43.4 Å². The zero-order valence-electron chi connectivity index (χ0n) is 11.1. The van der Waals surface area contributed by atoms with Gasteiger partial charge in [-0.3, -0.25) is 4.98 Å². The van der Waals surface area contributed by atoms with E-state index in [1.165, 1.54) is 0 Å². The van der Waals surface area contributed by atoms with E-state index in [2.05, 4.69) is 17.2 Å². The second-order valence-electron chi connectivity index (χ2n) is 4.11. The molecule has 1 N–H and O–H groups in total. The maximum absolute atomic E-state index is 5.67. The van der Waals surface area contributed by atoms with Crippen LogP contribution < -0.4 is 10.1 Å². The normalized spacial score (nSPS) is 12.8. The van der Waals surface area contributed by atoms with Crippen LogP contribution in [0.5, 0.6) is 5.75 Å². The zero-order valence-corrected chi connectivity index (χ0v) is 11.1. The molecule has 0 bridgehead atoms. The van der Waals surface area contributed by atoms with Crippen LogP contribution in [0.1, 0.15) is 32.4 Å². The Balaban J connectivity index is 2.80. The first kappa shape index (κ1) is 13.9. The predicted molar refractivity (Wildman–Crippen MR) is 68.3 cm³/mol. The van der Waals surface area contributed by atoms with Gasteiger partial charge in [0.25, 0.3) is 0 Å². The lowest BCUT2D eigenvalue weighted by Crippen LogP contribution is -2.27. The average molecular weight is 238 g/mol. The summed E-state index contributed by atoms with van der Waals surface area (Å²) in [6.45, 7) is 7.67. The second kappa shape index (κ2) is 7.25. The van der Waals surface area contributed by atoms with Crippen molar-refractivity contribution in [2.24, 2.45) is 0 Å². The minimum Gasteiger partial charge on any atom is -0.495 e. The first-order chi connectivity index (χ1) is 8.19. The summed E-state index contributed by atoms with van der Waals surface area (Å²) in [6, 6.07) is 2.11. The van der Waals surface area contributed by atoms with Gasteiger partial charge in [-0.15, -0.1) is 0 Å². The van der Waals surface area contributed by atoms with Gasteiger partial charge in [-0.1, -0.05) is 6.92 Å². The van der Waals surface area contributed by atoms with Gasteiger partial charge in [0, 0.05) is 11.8 Å². The van der Waals surface area contributed by atoms with Gasteiger partial charge >= 0.3 is 0 Å². The van der Waals surface area contributed by atoms with Gasteiger partial charge in [-0.25, -0.2) is 0 Å². The molecule has 0 aliphatic carbocycles. The number of hydrogen-bond donors (Lipinski definition) is 1. The molecule has 1 aromatic heterocycles. The fourth-order valence-electron chi connectivity index (χ4n) is 1.64. The van der Waals surface area contributed by atoms with Crippen molar-refractivity contribution >= 4 is 0 Å². The van der Waals surface area contributed by atoms with E-state index in [0.717, 1.165) is 17.9 Å². The molecule has 0 spiro atoms. The maximum Gasteiger partial charge on any atom is 0.142 e. The molecule has 0 saturated carbocycles. The number of rotatable bonds is 7. The van der Waals surface area contributed by atoms with Crippen molar-refractivity contribution in [2.45, 2.75) is 32.9 Å². The molecule has 1 aromatic rings. The third-order valence-corrected chi connectivity index (χ3v) is 2.46. The van der Waals surface area contributed by atoms with Crippen LogP contribution in [0.4, 0.5) is 0 Å². The molecule has 1 heterocycles. The number of ether oxygens (including phenoxy) is 2. The van der Waals surface area contributed by atoms with E-state index in [4.69, 9.17) is 9.47 Å². The van der Waals surface area contributed by atoms with Gasteiger partial charge in [0.15, 0.2) is 0 Å². The molecular formula is C13H22N2O2. The molecule has 0 aromatic carbocycles. The van der Waals surface area contributed by atoms with Crippen LogP contribution in [0.3, 0.4) is 0 Å². The summed E-state index contributed by atoms with van der Waals surface area (Å²) in [4.78, 5) is 4.06. The van der Waals surface area contributed by atoms with Crippen molar-refractivity contribution < 1.29 is 9.47 Å². The molecule has 1 unspecified atom stereocenters. The molecule has 1 rings (SSSR count). The zero-order chi connectivity index (χ0) is 12.7. The third kappa shape index (κ3) is 4.32. The largest absolute Gasteiger partial charge is 0.495 e. The summed E-state index contributed by atoms with van der Waals surface area (Å²) in [5, 5.41) is 3.40. The van der Waals surface area contributed by atoms with Crippen molar-refractivity contribution in [2.75, 3.05) is 20.3 Å². The van der Waals surface area contributed by atoms with Gasteiger partial charge in [0.2, 0.25) is 0 Å². The Morgan fingerprint density at radius 3 is 2.76 bits per heavy atom. The van der Waals surface area contributed by atoms with E-state index in [-0.39, 0.29) is 12.1 Å². The van der Waals surface area contributed by atoms with Crippen LogP contribution >= 0.6 is 0 Å². The Morgan fingerprint density at radius 1 is 1.41 bits per heavy atom.